The van der Waals surface area contributed by atoms with Crippen molar-refractivity contribution < 1.29 is 18.7 Å². The summed E-state index contributed by atoms with van der Waals surface area (Å²) in [6.07, 6.45) is 3.54. The Labute approximate surface area is 227 Å². The van der Waals surface area contributed by atoms with Crippen molar-refractivity contribution >= 4 is 40.0 Å². The summed E-state index contributed by atoms with van der Waals surface area (Å²) in [6.45, 7) is 6.82. The third-order valence-corrected chi connectivity index (χ3v) is 6.46. The predicted octanol–water partition coefficient (Wildman–Crippen LogP) is 2.44. The molecule has 11 nitrogen and oxygen atoms in total. The topological polar surface area (TPSA) is 129 Å². The lowest BCUT2D eigenvalue weighted by atomic mass is 10.2. The van der Waals surface area contributed by atoms with Gasteiger partial charge in [0.2, 0.25) is 11.9 Å². The maximum absolute atomic E-state index is 15.1. The van der Waals surface area contributed by atoms with Gasteiger partial charge in [0.15, 0.2) is 5.65 Å². The fourth-order valence-corrected chi connectivity index (χ4v) is 4.49. The molecule has 0 bridgehead atoms. The number of fused-ring (bicyclic) bond motifs is 1. The number of amides is 1. The largest absolute Gasteiger partial charge is 0.395 e. The Bertz CT molecular complexity index is 1640. The van der Waals surface area contributed by atoms with Gasteiger partial charge in [-0.3, -0.25) is 19.1 Å². The second kappa shape index (κ2) is 11.6. The van der Waals surface area contributed by atoms with E-state index in [1.807, 2.05) is 4.90 Å². The lowest BCUT2D eigenvalue weighted by Crippen LogP contribution is -2.47. The monoisotopic (exact) mass is 548 g/mol. The molecule has 3 heterocycles. The average molecular weight is 549 g/mol. The highest BCUT2D eigenvalue weighted by Crippen LogP contribution is 2.26. The minimum Gasteiger partial charge on any atom is -0.395 e. The van der Waals surface area contributed by atoms with Gasteiger partial charge in [-0.1, -0.05) is 6.58 Å². The van der Waals surface area contributed by atoms with Crippen molar-refractivity contribution in [3.8, 4) is 5.69 Å². The summed E-state index contributed by atoms with van der Waals surface area (Å²) in [5.41, 5.74) is 0.827. The molecule has 0 saturated carbocycles. The molecule has 0 aliphatic carbocycles. The number of halogens is 2. The highest BCUT2D eigenvalue weighted by molar-refractivity contribution is 5.99. The van der Waals surface area contributed by atoms with Crippen molar-refractivity contribution in [2.24, 2.45) is 0 Å². The van der Waals surface area contributed by atoms with Crippen LogP contribution < -0.4 is 21.1 Å². The van der Waals surface area contributed by atoms with Crippen molar-refractivity contribution in [2.45, 2.75) is 0 Å². The summed E-state index contributed by atoms with van der Waals surface area (Å²) in [5, 5.41) is 14.6. The van der Waals surface area contributed by atoms with Gasteiger partial charge >= 0.3 is 0 Å². The summed E-state index contributed by atoms with van der Waals surface area (Å²) >= 11 is 0. The standard InChI is InChI=1S/C27H26F2N8O3/c1-2-24(39)32-19-11-17(28)12-20(13-19)37-16-31-26(40)21-15-30-27(34-25(21)37)33-18-3-4-23(22(29)14-18)36-7-5-35(6-8-36)9-10-38/h2-4,11-16,38H,1,5-10H2,(H,32,39)(H,30,33,34). The fourth-order valence-electron chi connectivity index (χ4n) is 4.49. The molecular weight excluding hydrogens is 522 g/mol. The maximum atomic E-state index is 15.1. The van der Waals surface area contributed by atoms with Gasteiger partial charge in [0.1, 0.15) is 23.3 Å². The molecule has 3 N–H and O–H groups in total. The van der Waals surface area contributed by atoms with Gasteiger partial charge in [0.05, 0.1) is 18.0 Å². The fraction of sp³-hybridized carbons (Fsp3) is 0.222. The molecule has 206 valence electrons. The van der Waals surface area contributed by atoms with Crippen LogP contribution in [0.25, 0.3) is 16.7 Å². The number of aliphatic hydroxyl groups excluding tert-OH is 1. The number of anilines is 4. The van der Waals surface area contributed by atoms with Gasteiger partial charge in [-0.2, -0.15) is 9.97 Å². The Hall–Kier alpha value is -4.75. The number of carbonyl (C=O) groups is 1. The molecule has 1 amide bonds. The number of carbonyl (C=O) groups excluding carboxylic acids is 1. The molecule has 2 aromatic heterocycles. The first kappa shape index (κ1) is 26.8. The van der Waals surface area contributed by atoms with Crippen LogP contribution in [0.4, 0.5) is 31.8 Å². The number of nitrogens with zero attached hydrogens (tertiary/aromatic N) is 6. The number of piperazine rings is 1. The molecule has 13 heteroatoms. The van der Waals surface area contributed by atoms with Crippen molar-refractivity contribution in [2.75, 3.05) is 54.9 Å². The average Bonchev–Trinajstić information content (AvgIpc) is 2.94. The zero-order chi connectivity index (χ0) is 28.2. The molecular formula is C27H26F2N8O3. The first-order valence-electron chi connectivity index (χ1n) is 12.5. The van der Waals surface area contributed by atoms with Crippen LogP contribution in [0.2, 0.25) is 0 Å². The first-order valence-corrected chi connectivity index (χ1v) is 12.5. The number of hydrogen-bond donors (Lipinski definition) is 3. The Morgan fingerprint density at radius 2 is 1.88 bits per heavy atom. The van der Waals surface area contributed by atoms with Crippen molar-refractivity contribution in [3.63, 3.8) is 0 Å². The van der Waals surface area contributed by atoms with Crippen LogP contribution in [0.1, 0.15) is 0 Å². The number of aliphatic hydroxyl groups is 1. The molecule has 0 radical (unpaired) electrons. The van der Waals surface area contributed by atoms with Gasteiger partial charge in [-0.15, -0.1) is 0 Å². The molecule has 0 unspecified atom stereocenters. The van der Waals surface area contributed by atoms with Gasteiger partial charge in [0, 0.05) is 50.3 Å². The maximum Gasteiger partial charge on any atom is 0.283 e. The van der Waals surface area contributed by atoms with Crippen molar-refractivity contribution in [3.05, 3.63) is 83.6 Å². The number of hydrogen-bond acceptors (Lipinski definition) is 9. The highest BCUT2D eigenvalue weighted by Gasteiger charge is 2.19. The molecule has 1 fully saturated rings. The predicted molar refractivity (Wildman–Crippen MR) is 147 cm³/mol. The minimum absolute atomic E-state index is 0.0770. The number of rotatable bonds is 8. The zero-order valence-corrected chi connectivity index (χ0v) is 21.3. The molecule has 0 spiro atoms. The SMILES string of the molecule is C=CC(=O)Nc1cc(F)cc(-n2cnc(=O)c3cnc(Nc4ccc(N5CCN(CCO)CC5)c(F)c4)nc32)c1. The Morgan fingerprint density at radius 3 is 2.60 bits per heavy atom. The number of nitrogens with one attached hydrogen (secondary N) is 2. The van der Waals surface area contributed by atoms with Gasteiger partial charge < -0.3 is 20.6 Å². The lowest BCUT2D eigenvalue weighted by molar-refractivity contribution is -0.111. The van der Waals surface area contributed by atoms with E-state index in [0.29, 0.717) is 31.0 Å². The van der Waals surface area contributed by atoms with E-state index >= 15 is 4.39 Å². The third-order valence-electron chi connectivity index (χ3n) is 6.46. The van der Waals surface area contributed by atoms with Crippen LogP contribution >= 0.6 is 0 Å². The quantitative estimate of drug-likeness (QED) is 0.285. The van der Waals surface area contributed by atoms with Crippen molar-refractivity contribution in [1.29, 1.82) is 0 Å². The molecule has 40 heavy (non-hydrogen) atoms. The van der Waals surface area contributed by atoms with E-state index < -0.39 is 23.1 Å². The van der Waals surface area contributed by atoms with E-state index in [0.717, 1.165) is 25.2 Å². The Balaban J connectivity index is 1.42. The van der Waals surface area contributed by atoms with Gasteiger partial charge in [0.25, 0.3) is 5.56 Å². The van der Waals surface area contributed by atoms with Crippen LogP contribution in [0.5, 0.6) is 0 Å². The van der Waals surface area contributed by atoms with E-state index in [1.54, 1.807) is 12.1 Å². The number of benzene rings is 2. The van der Waals surface area contributed by atoms with E-state index in [2.05, 4.69) is 37.1 Å². The zero-order valence-electron chi connectivity index (χ0n) is 21.3. The summed E-state index contributed by atoms with van der Waals surface area (Å²) in [7, 11) is 0. The molecule has 1 aliphatic rings. The molecule has 5 rings (SSSR count). The highest BCUT2D eigenvalue weighted by atomic mass is 19.1. The Morgan fingerprint density at radius 1 is 1.07 bits per heavy atom. The van der Waals surface area contributed by atoms with Crippen LogP contribution in [0.15, 0.2) is 66.4 Å². The summed E-state index contributed by atoms with van der Waals surface area (Å²) in [6, 6.07) is 8.53. The normalized spacial score (nSPS) is 13.8. The minimum atomic E-state index is -0.638. The van der Waals surface area contributed by atoms with E-state index in [9.17, 15) is 14.0 Å². The number of aromatic nitrogens is 4. The van der Waals surface area contributed by atoms with Gasteiger partial charge in [-0.25, -0.2) is 13.8 Å². The van der Waals surface area contributed by atoms with Crippen LogP contribution in [-0.4, -0.2) is 74.8 Å². The van der Waals surface area contributed by atoms with E-state index in [1.165, 1.54) is 35.3 Å². The van der Waals surface area contributed by atoms with Crippen LogP contribution in [0.3, 0.4) is 0 Å². The lowest BCUT2D eigenvalue weighted by Gasteiger charge is -2.36. The van der Waals surface area contributed by atoms with E-state index in [-0.39, 0.29) is 35.0 Å². The first-order chi connectivity index (χ1) is 19.3. The smallest absolute Gasteiger partial charge is 0.283 e. The van der Waals surface area contributed by atoms with Crippen LogP contribution in [-0.2, 0) is 4.79 Å². The molecule has 1 aliphatic heterocycles. The second-order valence-electron chi connectivity index (χ2n) is 9.09. The summed E-state index contributed by atoms with van der Waals surface area (Å²) in [4.78, 5) is 40.6. The van der Waals surface area contributed by atoms with Crippen molar-refractivity contribution in [1.82, 2.24) is 24.4 Å². The number of β-amino-alcohol motifs (C(OH)–C–C–N with tert-alkyl or cyclic N) is 1. The summed E-state index contributed by atoms with van der Waals surface area (Å²) in [5.74, 6) is -1.50. The summed E-state index contributed by atoms with van der Waals surface area (Å²) < 4.78 is 30.9. The third kappa shape index (κ3) is 5.80. The van der Waals surface area contributed by atoms with Crippen LogP contribution in [0, 0.1) is 11.6 Å². The molecule has 2 aromatic carbocycles. The molecule has 4 aromatic rings. The molecule has 0 atom stereocenters. The van der Waals surface area contributed by atoms with Gasteiger partial charge in [-0.05, 0) is 42.5 Å². The second-order valence-corrected chi connectivity index (χ2v) is 9.09. The van der Waals surface area contributed by atoms with E-state index in [4.69, 9.17) is 5.11 Å². The Kier molecular flexibility index (Phi) is 7.75. The molecule has 1 saturated heterocycles.